The van der Waals surface area contributed by atoms with Crippen molar-refractivity contribution in [3.8, 4) is 34.5 Å². The molecule has 7 heteroatoms. The summed E-state index contributed by atoms with van der Waals surface area (Å²) in [6.07, 6.45) is 1.42. The van der Waals surface area contributed by atoms with Gasteiger partial charge < -0.3 is 30.3 Å². The minimum atomic E-state index is -0.618. The van der Waals surface area contributed by atoms with Crippen LogP contribution in [0.5, 0.6) is 34.5 Å². The number of ketones is 1. The highest BCUT2D eigenvalue weighted by Crippen LogP contribution is 2.46. The van der Waals surface area contributed by atoms with Crippen molar-refractivity contribution in [2.45, 2.75) is 0 Å². The van der Waals surface area contributed by atoms with E-state index in [1.807, 2.05) is 0 Å². The van der Waals surface area contributed by atoms with E-state index in [2.05, 4.69) is 0 Å². The number of hydrogen-bond acceptors (Lipinski definition) is 7. The van der Waals surface area contributed by atoms with Gasteiger partial charge in [-0.15, -0.1) is 0 Å². The normalized spacial score (nSPS) is 15.3. The van der Waals surface area contributed by atoms with Gasteiger partial charge in [-0.1, -0.05) is 6.07 Å². The summed E-state index contributed by atoms with van der Waals surface area (Å²) in [4.78, 5) is 12.4. The molecule has 0 radical (unpaired) electrons. The molecule has 5 N–H and O–H groups in total. The summed E-state index contributed by atoms with van der Waals surface area (Å²) in [5.41, 5.74) is 0.363. The number of carbonyl (C=O) groups is 1. The first-order valence-electron chi connectivity index (χ1n) is 6.56. The van der Waals surface area contributed by atoms with Gasteiger partial charge in [0.05, 0.1) is 0 Å². The van der Waals surface area contributed by atoms with Crippen LogP contribution in [0.15, 0.2) is 29.8 Å². The smallest absolute Gasteiger partial charge is 0.201 e. The molecule has 0 fully saturated rings. The van der Waals surface area contributed by atoms with Gasteiger partial charge in [-0.25, -0.2) is 0 Å². The van der Waals surface area contributed by atoms with Crippen LogP contribution in [0.3, 0.4) is 0 Å². The number of phenols is 5. The predicted octanol–water partition coefficient (Wildman–Crippen LogP) is 1.87. The summed E-state index contributed by atoms with van der Waals surface area (Å²) in [7, 11) is 0. The second-order valence-electron chi connectivity index (χ2n) is 5.00. The molecule has 1 aliphatic heterocycles. The first kappa shape index (κ1) is 14.6. The number of Topliss-reactive ketones (excluding diaryl/α,β-unsaturated/α-hetero) is 1. The fraction of sp³-hybridized carbons (Fsp3) is 0.0625. The monoisotopic (exact) mass is 316 g/mol. The Bertz CT molecular complexity index is 852. The largest absolute Gasteiger partial charge is 0.507 e. The Kier molecular flexibility index (Phi) is 3.25. The zero-order valence-corrected chi connectivity index (χ0v) is 11.6. The lowest BCUT2D eigenvalue weighted by molar-refractivity contribution is 0.0995. The summed E-state index contributed by atoms with van der Waals surface area (Å²) in [6.45, 7) is -0.191. The SMILES string of the molecule is O=C1C(=Cc2ccc(O)c(O)c2)COc2c(O)c(O)cc(O)c21. The van der Waals surface area contributed by atoms with E-state index < -0.39 is 23.0 Å². The van der Waals surface area contributed by atoms with E-state index in [0.717, 1.165) is 6.07 Å². The minimum Gasteiger partial charge on any atom is -0.507 e. The molecule has 0 spiro atoms. The molecule has 1 aliphatic rings. The maximum atomic E-state index is 12.4. The van der Waals surface area contributed by atoms with Gasteiger partial charge in [0, 0.05) is 11.6 Å². The third-order valence-electron chi connectivity index (χ3n) is 3.45. The lowest BCUT2D eigenvalue weighted by Crippen LogP contribution is -2.19. The Morgan fingerprint density at radius 1 is 0.913 bits per heavy atom. The van der Waals surface area contributed by atoms with Crippen LogP contribution in [0, 0.1) is 0 Å². The molecule has 118 valence electrons. The molecule has 7 nitrogen and oxygen atoms in total. The molecule has 1 heterocycles. The van der Waals surface area contributed by atoms with Crippen LogP contribution in [0.25, 0.3) is 6.08 Å². The topological polar surface area (TPSA) is 127 Å². The molecule has 0 atom stereocenters. The van der Waals surface area contributed by atoms with Gasteiger partial charge in [-0.2, -0.15) is 0 Å². The zero-order chi connectivity index (χ0) is 16.7. The lowest BCUT2D eigenvalue weighted by Gasteiger charge is -2.21. The molecule has 0 aromatic heterocycles. The Hall–Kier alpha value is -3.35. The van der Waals surface area contributed by atoms with E-state index in [1.54, 1.807) is 0 Å². The number of phenolic OH excluding ortho intramolecular Hbond substituents is 5. The molecule has 0 saturated carbocycles. The Balaban J connectivity index is 2.06. The van der Waals surface area contributed by atoms with Crippen LogP contribution >= 0.6 is 0 Å². The quantitative estimate of drug-likeness (QED) is 0.309. The fourth-order valence-electron chi connectivity index (χ4n) is 2.30. The van der Waals surface area contributed by atoms with Gasteiger partial charge in [0.25, 0.3) is 0 Å². The van der Waals surface area contributed by atoms with Gasteiger partial charge in [0.2, 0.25) is 5.75 Å². The predicted molar refractivity (Wildman–Crippen MR) is 79.0 cm³/mol. The summed E-state index contributed by atoms with van der Waals surface area (Å²) in [6, 6.07) is 4.87. The highest BCUT2D eigenvalue weighted by Gasteiger charge is 2.31. The van der Waals surface area contributed by atoms with E-state index in [-0.39, 0.29) is 35.0 Å². The third kappa shape index (κ3) is 2.38. The van der Waals surface area contributed by atoms with Crippen molar-refractivity contribution in [1.82, 2.24) is 0 Å². The van der Waals surface area contributed by atoms with Crippen molar-refractivity contribution in [2.75, 3.05) is 6.61 Å². The van der Waals surface area contributed by atoms with E-state index >= 15 is 0 Å². The molecule has 0 saturated heterocycles. The second-order valence-corrected chi connectivity index (χ2v) is 5.00. The van der Waals surface area contributed by atoms with E-state index in [9.17, 15) is 30.3 Å². The summed E-state index contributed by atoms with van der Waals surface area (Å²) in [5, 5.41) is 47.7. The number of benzene rings is 2. The molecule has 0 amide bonds. The molecule has 23 heavy (non-hydrogen) atoms. The number of carbonyl (C=O) groups excluding carboxylic acids is 1. The van der Waals surface area contributed by atoms with E-state index in [1.165, 1.54) is 24.3 Å². The summed E-state index contributed by atoms with van der Waals surface area (Å²) < 4.78 is 5.25. The number of fused-ring (bicyclic) bond motifs is 1. The van der Waals surface area contributed by atoms with Crippen LogP contribution in [0.4, 0.5) is 0 Å². The van der Waals surface area contributed by atoms with E-state index in [0.29, 0.717) is 5.56 Å². The fourth-order valence-corrected chi connectivity index (χ4v) is 2.30. The lowest BCUT2D eigenvalue weighted by atomic mass is 9.96. The highest BCUT2D eigenvalue weighted by atomic mass is 16.5. The molecule has 0 unspecified atom stereocenters. The van der Waals surface area contributed by atoms with Crippen LogP contribution in [0.2, 0.25) is 0 Å². The average molecular weight is 316 g/mol. The highest BCUT2D eigenvalue weighted by molar-refractivity contribution is 6.16. The Morgan fingerprint density at radius 3 is 2.35 bits per heavy atom. The molecule has 0 aliphatic carbocycles. The van der Waals surface area contributed by atoms with Crippen molar-refractivity contribution in [3.63, 3.8) is 0 Å². The molecular weight excluding hydrogens is 304 g/mol. The molecule has 2 aromatic carbocycles. The third-order valence-corrected chi connectivity index (χ3v) is 3.45. The number of hydrogen-bond donors (Lipinski definition) is 5. The maximum absolute atomic E-state index is 12.4. The second kappa shape index (κ2) is 5.13. The maximum Gasteiger partial charge on any atom is 0.201 e. The standard InChI is InChI=1S/C16H12O7/c17-9-2-1-7(4-10(9)18)3-8-6-23-16-13(14(8)21)11(19)5-12(20)15(16)22/h1-5,17-20,22H,6H2. The summed E-state index contributed by atoms with van der Waals surface area (Å²) >= 11 is 0. The van der Waals surface area contributed by atoms with Crippen molar-refractivity contribution >= 4 is 11.9 Å². The first-order chi connectivity index (χ1) is 10.9. The first-order valence-corrected chi connectivity index (χ1v) is 6.56. The zero-order valence-electron chi connectivity index (χ0n) is 11.6. The average Bonchev–Trinajstić information content (AvgIpc) is 2.50. The van der Waals surface area contributed by atoms with Crippen LogP contribution in [0.1, 0.15) is 15.9 Å². The molecule has 2 aromatic rings. The summed E-state index contributed by atoms with van der Waals surface area (Å²) in [5.74, 6) is -3.21. The molecule has 0 bridgehead atoms. The van der Waals surface area contributed by atoms with Crippen LogP contribution in [-0.4, -0.2) is 37.9 Å². The Labute approximate surface area is 129 Å². The van der Waals surface area contributed by atoms with Gasteiger partial charge >= 0.3 is 0 Å². The number of rotatable bonds is 1. The van der Waals surface area contributed by atoms with Crippen molar-refractivity contribution in [3.05, 3.63) is 41.0 Å². The van der Waals surface area contributed by atoms with Gasteiger partial charge in [-0.05, 0) is 23.8 Å². The number of ether oxygens (including phenoxy) is 1. The van der Waals surface area contributed by atoms with Crippen LogP contribution in [-0.2, 0) is 0 Å². The molecular formula is C16H12O7. The van der Waals surface area contributed by atoms with Gasteiger partial charge in [0.15, 0.2) is 28.8 Å². The van der Waals surface area contributed by atoms with Gasteiger partial charge in [-0.3, -0.25) is 4.79 Å². The van der Waals surface area contributed by atoms with Gasteiger partial charge in [0.1, 0.15) is 17.9 Å². The van der Waals surface area contributed by atoms with Crippen molar-refractivity contribution in [1.29, 1.82) is 0 Å². The van der Waals surface area contributed by atoms with E-state index in [4.69, 9.17) is 4.74 Å². The van der Waals surface area contributed by atoms with Crippen molar-refractivity contribution in [2.24, 2.45) is 0 Å². The minimum absolute atomic E-state index is 0.169. The Morgan fingerprint density at radius 2 is 1.65 bits per heavy atom. The van der Waals surface area contributed by atoms with Crippen LogP contribution < -0.4 is 4.74 Å². The van der Waals surface area contributed by atoms with Crippen molar-refractivity contribution < 1.29 is 35.1 Å². The molecule has 3 rings (SSSR count). The number of aromatic hydroxyl groups is 5.